The molecule has 0 fully saturated rings. The Morgan fingerprint density at radius 3 is 2.41 bits per heavy atom. The quantitative estimate of drug-likeness (QED) is 0.763. The lowest BCUT2D eigenvalue weighted by atomic mass is 10.1. The van der Waals surface area contributed by atoms with E-state index < -0.39 is 47.2 Å². The van der Waals surface area contributed by atoms with E-state index in [9.17, 15) is 27.1 Å². The first-order chi connectivity index (χ1) is 12.7. The highest BCUT2D eigenvalue weighted by atomic mass is 19.4. The Bertz CT molecular complexity index is 867. The molecular weight excluding hydrogens is 373 g/mol. The maximum Gasteiger partial charge on any atom is 0.433 e. The Morgan fingerprint density at radius 2 is 1.81 bits per heavy atom. The average molecular weight is 387 g/mol. The summed E-state index contributed by atoms with van der Waals surface area (Å²) in [6.07, 6.45) is -9.48. The molecule has 2 aromatic heterocycles. The van der Waals surface area contributed by atoms with E-state index in [-0.39, 0.29) is 11.3 Å². The molecule has 27 heavy (non-hydrogen) atoms. The summed E-state index contributed by atoms with van der Waals surface area (Å²) < 4.78 is 72.2. The van der Waals surface area contributed by atoms with Gasteiger partial charge in [-0.05, 0) is 0 Å². The standard InChI is InChI=1S/C15H8F5N3O2.C2H6/c16-11-9-8(25-7-1-6(2-21)3-22-4-7)5-23-14(15(18,19)20)10(9)13(24)12(11)17;1-2/h1,3-5,11-13,24H;1-2H3. The number of fused-ring (bicyclic) bond motifs is 1. The van der Waals surface area contributed by atoms with Crippen LogP contribution in [0.4, 0.5) is 22.0 Å². The van der Waals surface area contributed by atoms with E-state index in [0.717, 1.165) is 6.20 Å². The van der Waals surface area contributed by atoms with Crippen LogP contribution in [-0.4, -0.2) is 21.2 Å². The molecule has 2 aromatic rings. The van der Waals surface area contributed by atoms with Crippen LogP contribution in [0.1, 0.15) is 48.5 Å². The topological polar surface area (TPSA) is 79.0 Å². The summed E-state index contributed by atoms with van der Waals surface area (Å²) in [6.45, 7) is 4.00. The monoisotopic (exact) mass is 387 g/mol. The molecule has 1 aliphatic rings. The largest absolute Gasteiger partial charge is 0.454 e. The zero-order valence-electron chi connectivity index (χ0n) is 14.1. The molecule has 3 unspecified atom stereocenters. The van der Waals surface area contributed by atoms with Crippen LogP contribution in [0, 0.1) is 11.3 Å². The Balaban J connectivity index is 0.00000126. The minimum Gasteiger partial charge on any atom is -0.454 e. The van der Waals surface area contributed by atoms with Crippen LogP contribution in [0.5, 0.6) is 11.5 Å². The summed E-state index contributed by atoms with van der Waals surface area (Å²) in [6, 6.07) is 2.99. The molecule has 3 rings (SSSR count). The predicted octanol–water partition coefficient (Wildman–Crippen LogP) is 4.58. The molecule has 1 aliphatic carbocycles. The van der Waals surface area contributed by atoms with Crippen molar-refractivity contribution >= 4 is 0 Å². The van der Waals surface area contributed by atoms with Crippen LogP contribution >= 0.6 is 0 Å². The number of nitrogens with zero attached hydrogens (tertiary/aromatic N) is 3. The van der Waals surface area contributed by atoms with E-state index in [2.05, 4.69) is 9.97 Å². The van der Waals surface area contributed by atoms with Crippen LogP contribution in [0.15, 0.2) is 24.7 Å². The van der Waals surface area contributed by atoms with E-state index in [1.54, 1.807) is 6.07 Å². The van der Waals surface area contributed by atoms with Crippen molar-refractivity contribution < 1.29 is 31.8 Å². The fourth-order valence-electron chi connectivity index (χ4n) is 2.55. The number of alkyl halides is 5. The second-order valence-electron chi connectivity index (χ2n) is 5.21. The van der Waals surface area contributed by atoms with Gasteiger partial charge in [0.2, 0.25) is 0 Å². The number of aliphatic hydroxyl groups is 1. The normalized spacial score (nSPS) is 20.9. The van der Waals surface area contributed by atoms with Gasteiger partial charge in [0, 0.05) is 23.4 Å². The van der Waals surface area contributed by atoms with Crippen LogP contribution in [0.2, 0.25) is 0 Å². The molecule has 3 atom stereocenters. The fraction of sp³-hybridized carbons (Fsp3) is 0.353. The summed E-state index contributed by atoms with van der Waals surface area (Å²) in [5.41, 5.74) is -3.23. The number of nitriles is 1. The first kappa shape index (κ1) is 20.5. The average Bonchev–Trinajstić information content (AvgIpc) is 2.88. The molecule has 0 aromatic carbocycles. The van der Waals surface area contributed by atoms with Crippen molar-refractivity contribution in [2.75, 3.05) is 0 Å². The highest BCUT2D eigenvalue weighted by Gasteiger charge is 2.50. The lowest BCUT2D eigenvalue weighted by Crippen LogP contribution is -2.16. The van der Waals surface area contributed by atoms with Crippen molar-refractivity contribution in [2.24, 2.45) is 0 Å². The Kier molecular flexibility index (Phi) is 5.95. The molecule has 1 N–H and O–H groups in total. The molecule has 0 saturated carbocycles. The SMILES string of the molecule is CC.N#Cc1cncc(Oc2cnc(C(F)(F)F)c3c2C(F)C(F)C3O)c1. The van der Waals surface area contributed by atoms with E-state index >= 15 is 0 Å². The number of ether oxygens (including phenoxy) is 1. The number of hydrogen-bond donors (Lipinski definition) is 1. The number of rotatable bonds is 2. The molecule has 0 spiro atoms. The molecule has 2 heterocycles. The lowest BCUT2D eigenvalue weighted by molar-refractivity contribution is -0.143. The minimum atomic E-state index is -5.00. The van der Waals surface area contributed by atoms with Gasteiger partial charge in [-0.1, -0.05) is 13.8 Å². The Morgan fingerprint density at radius 1 is 1.15 bits per heavy atom. The second-order valence-corrected chi connectivity index (χ2v) is 5.21. The summed E-state index contributed by atoms with van der Waals surface area (Å²) in [5, 5.41) is 18.5. The molecule has 0 radical (unpaired) electrons. The van der Waals surface area contributed by atoms with Crippen molar-refractivity contribution in [3.8, 4) is 17.6 Å². The van der Waals surface area contributed by atoms with E-state index in [0.29, 0.717) is 6.20 Å². The maximum absolute atomic E-state index is 14.2. The third-order valence-electron chi connectivity index (χ3n) is 3.61. The lowest BCUT2D eigenvalue weighted by Gasteiger charge is -2.16. The van der Waals surface area contributed by atoms with Crippen LogP contribution in [0.25, 0.3) is 0 Å². The highest BCUT2D eigenvalue weighted by Crippen LogP contribution is 2.51. The first-order valence-electron chi connectivity index (χ1n) is 7.83. The number of pyridine rings is 2. The molecule has 144 valence electrons. The van der Waals surface area contributed by atoms with E-state index in [1.165, 1.54) is 12.3 Å². The number of aliphatic hydroxyl groups excluding tert-OH is 1. The van der Waals surface area contributed by atoms with Gasteiger partial charge < -0.3 is 9.84 Å². The van der Waals surface area contributed by atoms with Crippen LogP contribution in [0.3, 0.4) is 0 Å². The third-order valence-corrected chi connectivity index (χ3v) is 3.61. The second kappa shape index (κ2) is 7.84. The summed E-state index contributed by atoms with van der Waals surface area (Å²) in [4.78, 5) is 6.84. The van der Waals surface area contributed by atoms with Crippen molar-refractivity contribution in [1.82, 2.24) is 9.97 Å². The Labute approximate surface area is 151 Å². The zero-order valence-corrected chi connectivity index (χ0v) is 14.1. The first-order valence-corrected chi connectivity index (χ1v) is 7.83. The highest BCUT2D eigenvalue weighted by molar-refractivity contribution is 5.51. The molecule has 0 bridgehead atoms. The van der Waals surface area contributed by atoms with Gasteiger partial charge in [-0.25, -0.2) is 13.8 Å². The van der Waals surface area contributed by atoms with Crippen molar-refractivity contribution in [2.45, 2.75) is 38.5 Å². The number of halogens is 5. The molecular formula is C17H14F5N3O2. The summed E-state index contributed by atoms with van der Waals surface area (Å²) in [7, 11) is 0. The van der Waals surface area contributed by atoms with Gasteiger partial charge in [0.15, 0.2) is 23.8 Å². The van der Waals surface area contributed by atoms with Gasteiger partial charge in [0.05, 0.1) is 18.0 Å². The number of aromatic nitrogens is 2. The summed E-state index contributed by atoms with van der Waals surface area (Å²) in [5.74, 6) is -0.571. The van der Waals surface area contributed by atoms with Gasteiger partial charge in [-0.2, -0.15) is 18.4 Å². The third kappa shape index (κ3) is 3.83. The smallest absolute Gasteiger partial charge is 0.433 e. The Hall–Kier alpha value is -2.80. The van der Waals surface area contributed by atoms with E-state index in [1.807, 2.05) is 13.8 Å². The van der Waals surface area contributed by atoms with Crippen molar-refractivity contribution in [1.29, 1.82) is 5.26 Å². The molecule has 0 aliphatic heterocycles. The van der Waals surface area contributed by atoms with E-state index in [4.69, 9.17) is 10.00 Å². The minimum absolute atomic E-state index is 0.0770. The molecule has 5 nitrogen and oxygen atoms in total. The van der Waals surface area contributed by atoms with Crippen LogP contribution in [-0.2, 0) is 6.18 Å². The molecule has 0 amide bonds. The zero-order chi connectivity index (χ0) is 20.4. The molecule has 10 heteroatoms. The molecule has 0 saturated heterocycles. The van der Waals surface area contributed by atoms with Crippen LogP contribution < -0.4 is 4.74 Å². The van der Waals surface area contributed by atoms with Crippen molar-refractivity contribution in [3.63, 3.8) is 0 Å². The van der Waals surface area contributed by atoms with Gasteiger partial charge in [0.1, 0.15) is 17.9 Å². The van der Waals surface area contributed by atoms with Crippen molar-refractivity contribution in [3.05, 3.63) is 47.0 Å². The fourth-order valence-corrected chi connectivity index (χ4v) is 2.55. The maximum atomic E-state index is 14.2. The summed E-state index contributed by atoms with van der Waals surface area (Å²) >= 11 is 0. The van der Waals surface area contributed by atoms with Gasteiger partial charge in [0.25, 0.3) is 0 Å². The van der Waals surface area contributed by atoms with Gasteiger partial charge >= 0.3 is 6.18 Å². The van der Waals surface area contributed by atoms with Gasteiger partial charge in [-0.15, -0.1) is 0 Å². The number of hydrogen-bond acceptors (Lipinski definition) is 5. The van der Waals surface area contributed by atoms with Gasteiger partial charge in [-0.3, -0.25) is 4.98 Å². The predicted molar refractivity (Wildman–Crippen MR) is 83.3 cm³/mol.